The number of H-pyrrole nitrogens is 1. The summed E-state index contributed by atoms with van der Waals surface area (Å²) in [5.74, 6) is 0.00811. The number of para-hydroxylation sites is 1. The van der Waals surface area contributed by atoms with Crippen molar-refractivity contribution in [1.82, 2.24) is 10.3 Å². The lowest BCUT2D eigenvalue weighted by atomic mass is 10.1. The molecule has 1 unspecified atom stereocenters. The minimum atomic E-state index is -0.356. The second kappa shape index (κ2) is 4.92. The number of aromatic amines is 1. The number of aromatic nitrogens is 1. The molecular formula is C14H15N2O2. The van der Waals surface area contributed by atoms with Gasteiger partial charge in [-0.1, -0.05) is 18.2 Å². The molecular weight excluding hydrogens is 228 g/mol. The van der Waals surface area contributed by atoms with Crippen molar-refractivity contribution in [3.8, 4) is 0 Å². The molecule has 1 aliphatic rings. The van der Waals surface area contributed by atoms with Crippen LogP contribution in [0, 0.1) is 6.42 Å². The van der Waals surface area contributed by atoms with Crippen molar-refractivity contribution in [1.29, 1.82) is 0 Å². The van der Waals surface area contributed by atoms with E-state index in [-0.39, 0.29) is 11.9 Å². The molecule has 0 spiro atoms. The molecule has 1 aliphatic heterocycles. The lowest BCUT2D eigenvalue weighted by Crippen LogP contribution is -2.43. The fraction of sp³-hybridized carbons (Fsp3) is 0.286. The molecule has 1 aromatic carbocycles. The normalized spacial score (nSPS) is 20.1. The lowest BCUT2D eigenvalue weighted by molar-refractivity contribution is -0.128. The molecule has 2 heterocycles. The largest absolute Gasteiger partial charge is 0.368 e. The Morgan fingerprint density at radius 1 is 1.39 bits per heavy atom. The second-order valence-corrected chi connectivity index (χ2v) is 4.42. The third kappa shape index (κ3) is 2.30. The van der Waals surface area contributed by atoms with Gasteiger partial charge in [0.1, 0.15) is 6.10 Å². The van der Waals surface area contributed by atoms with Crippen molar-refractivity contribution in [2.75, 3.05) is 19.7 Å². The second-order valence-electron chi connectivity index (χ2n) is 4.42. The molecule has 2 N–H and O–H groups in total. The summed E-state index contributed by atoms with van der Waals surface area (Å²) in [5.41, 5.74) is 1.87. The summed E-state index contributed by atoms with van der Waals surface area (Å²) in [5, 5.41) is 4.26. The number of ketones is 1. The van der Waals surface area contributed by atoms with Crippen LogP contribution in [0.4, 0.5) is 0 Å². The maximum absolute atomic E-state index is 12.0. The minimum absolute atomic E-state index is 0.00811. The van der Waals surface area contributed by atoms with Gasteiger partial charge in [0.25, 0.3) is 0 Å². The van der Waals surface area contributed by atoms with Gasteiger partial charge in [0.15, 0.2) is 5.78 Å². The van der Waals surface area contributed by atoms with E-state index in [9.17, 15) is 4.79 Å². The predicted molar refractivity (Wildman–Crippen MR) is 69.3 cm³/mol. The fourth-order valence-corrected chi connectivity index (χ4v) is 2.17. The first-order valence-corrected chi connectivity index (χ1v) is 6.11. The molecule has 2 aromatic rings. The van der Waals surface area contributed by atoms with E-state index >= 15 is 0 Å². The highest BCUT2D eigenvalue weighted by atomic mass is 16.5. The van der Waals surface area contributed by atoms with Crippen molar-refractivity contribution in [3.63, 3.8) is 0 Å². The van der Waals surface area contributed by atoms with Crippen LogP contribution in [0.5, 0.6) is 0 Å². The Hall–Kier alpha value is -1.65. The first-order chi connectivity index (χ1) is 8.83. The van der Waals surface area contributed by atoms with E-state index in [4.69, 9.17) is 4.74 Å². The van der Waals surface area contributed by atoms with Crippen LogP contribution in [0.15, 0.2) is 30.3 Å². The summed E-state index contributed by atoms with van der Waals surface area (Å²) in [7, 11) is 0. The van der Waals surface area contributed by atoms with Gasteiger partial charge in [-0.15, -0.1) is 0 Å². The molecule has 0 saturated carbocycles. The molecule has 0 amide bonds. The Morgan fingerprint density at radius 2 is 2.28 bits per heavy atom. The molecule has 1 saturated heterocycles. The smallest absolute Gasteiger partial charge is 0.172 e. The van der Waals surface area contributed by atoms with Crippen molar-refractivity contribution < 1.29 is 9.53 Å². The Bertz CT molecular complexity index is 523. The number of Topliss-reactive ketones (excluding diaryl/α,β-unsaturated/α-hetero) is 1. The zero-order valence-electron chi connectivity index (χ0n) is 9.98. The number of rotatable bonds is 3. The van der Waals surface area contributed by atoms with Crippen molar-refractivity contribution in [3.05, 3.63) is 42.4 Å². The zero-order chi connectivity index (χ0) is 12.4. The van der Waals surface area contributed by atoms with Gasteiger partial charge in [-0.25, -0.2) is 0 Å². The zero-order valence-corrected chi connectivity index (χ0v) is 9.98. The van der Waals surface area contributed by atoms with Gasteiger partial charge in [-0.05, 0) is 17.5 Å². The summed E-state index contributed by atoms with van der Waals surface area (Å²) in [6.45, 7) is 2.00. The summed E-state index contributed by atoms with van der Waals surface area (Å²) in [6.07, 6.45) is 1.27. The Kier molecular flexibility index (Phi) is 3.13. The van der Waals surface area contributed by atoms with Crippen molar-refractivity contribution in [2.24, 2.45) is 0 Å². The minimum Gasteiger partial charge on any atom is -0.368 e. The Labute approximate surface area is 105 Å². The monoisotopic (exact) mass is 243 g/mol. The number of nitrogens with one attached hydrogen (secondary N) is 2. The van der Waals surface area contributed by atoms with E-state index in [1.54, 1.807) is 6.42 Å². The van der Waals surface area contributed by atoms with E-state index in [1.807, 2.05) is 30.3 Å². The highest BCUT2D eigenvalue weighted by Gasteiger charge is 2.22. The van der Waals surface area contributed by atoms with Crippen LogP contribution in [0.25, 0.3) is 10.9 Å². The highest BCUT2D eigenvalue weighted by molar-refractivity contribution is 5.95. The van der Waals surface area contributed by atoms with Gasteiger partial charge in [-0.2, -0.15) is 0 Å². The number of hydrogen-bond donors (Lipinski definition) is 2. The summed E-state index contributed by atoms with van der Waals surface area (Å²) < 4.78 is 5.43. The van der Waals surface area contributed by atoms with Crippen LogP contribution in [0.2, 0.25) is 0 Å². The number of fused-ring (bicyclic) bond motifs is 1. The molecule has 0 bridgehead atoms. The maximum atomic E-state index is 12.0. The molecule has 1 fully saturated rings. The SMILES string of the molecule is O=C([CH]c1cc2ccccc2[nH]1)C1CNCCO1. The summed E-state index contributed by atoms with van der Waals surface area (Å²) >= 11 is 0. The van der Waals surface area contributed by atoms with Gasteiger partial charge < -0.3 is 15.0 Å². The molecule has 1 radical (unpaired) electrons. The van der Waals surface area contributed by atoms with Gasteiger partial charge in [0.05, 0.1) is 13.0 Å². The third-order valence-corrected chi connectivity index (χ3v) is 3.09. The standard InChI is InChI=1S/C14H15N2O2/c17-13(14-9-15-5-6-18-14)8-11-7-10-3-1-2-4-12(10)16-11/h1-4,7-8,14-16H,5-6,9H2. The average Bonchev–Trinajstić information content (AvgIpc) is 2.82. The van der Waals surface area contributed by atoms with E-state index in [1.165, 1.54) is 0 Å². The third-order valence-electron chi connectivity index (χ3n) is 3.09. The number of carbonyl (C=O) groups is 1. The van der Waals surface area contributed by atoms with Crippen molar-refractivity contribution >= 4 is 16.7 Å². The Morgan fingerprint density at radius 3 is 3.06 bits per heavy atom. The lowest BCUT2D eigenvalue weighted by Gasteiger charge is -2.21. The topological polar surface area (TPSA) is 54.1 Å². The fourth-order valence-electron chi connectivity index (χ4n) is 2.17. The van der Waals surface area contributed by atoms with Gasteiger partial charge in [-0.3, -0.25) is 4.79 Å². The average molecular weight is 243 g/mol. The molecule has 1 aromatic heterocycles. The Balaban J connectivity index is 1.73. The van der Waals surface area contributed by atoms with Gasteiger partial charge in [0, 0.05) is 24.3 Å². The van der Waals surface area contributed by atoms with Crippen LogP contribution in [0.3, 0.4) is 0 Å². The number of carbonyl (C=O) groups excluding carboxylic acids is 1. The quantitative estimate of drug-likeness (QED) is 0.853. The number of morpholine rings is 1. The molecule has 4 nitrogen and oxygen atoms in total. The van der Waals surface area contributed by atoms with Crippen LogP contribution in [-0.2, 0) is 9.53 Å². The first-order valence-electron chi connectivity index (χ1n) is 6.11. The molecule has 3 rings (SSSR count). The van der Waals surface area contributed by atoms with E-state index < -0.39 is 0 Å². The highest BCUT2D eigenvalue weighted by Crippen LogP contribution is 2.16. The van der Waals surface area contributed by atoms with E-state index in [0.29, 0.717) is 13.2 Å². The van der Waals surface area contributed by atoms with Gasteiger partial charge >= 0.3 is 0 Å². The predicted octanol–water partition coefficient (Wildman–Crippen LogP) is 1.28. The summed E-state index contributed by atoms with van der Waals surface area (Å²) in [6, 6.07) is 9.94. The van der Waals surface area contributed by atoms with E-state index in [0.717, 1.165) is 23.1 Å². The molecule has 0 aliphatic carbocycles. The van der Waals surface area contributed by atoms with Crippen LogP contribution in [-0.4, -0.2) is 36.6 Å². The van der Waals surface area contributed by atoms with Crippen LogP contribution >= 0.6 is 0 Å². The number of benzene rings is 1. The van der Waals surface area contributed by atoms with Gasteiger partial charge in [0.2, 0.25) is 0 Å². The molecule has 93 valence electrons. The van der Waals surface area contributed by atoms with E-state index in [2.05, 4.69) is 10.3 Å². The molecule has 18 heavy (non-hydrogen) atoms. The number of ether oxygens (including phenoxy) is 1. The number of hydrogen-bond acceptors (Lipinski definition) is 3. The van der Waals surface area contributed by atoms with Crippen molar-refractivity contribution in [2.45, 2.75) is 6.10 Å². The van der Waals surface area contributed by atoms with Crippen LogP contribution < -0.4 is 5.32 Å². The molecule has 1 atom stereocenters. The molecule has 4 heteroatoms. The maximum Gasteiger partial charge on any atom is 0.172 e. The summed E-state index contributed by atoms with van der Waals surface area (Å²) in [4.78, 5) is 15.2. The first kappa shape index (κ1) is 11.4. The van der Waals surface area contributed by atoms with Crippen LogP contribution in [0.1, 0.15) is 5.69 Å².